The quantitative estimate of drug-likeness (QED) is 0.678. The van der Waals surface area contributed by atoms with Crippen molar-refractivity contribution >= 4 is 17.1 Å². The van der Waals surface area contributed by atoms with Crippen molar-refractivity contribution < 1.29 is 9.18 Å². The molecule has 2 bridgehead atoms. The molecule has 2 saturated carbocycles. The summed E-state index contributed by atoms with van der Waals surface area (Å²) in [6.07, 6.45) is 5.04. The van der Waals surface area contributed by atoms with Gasteiger partial charge in [-0.15, -0.1) is 0 Å². The normalized spacial score (nSPS) is 27.4. The predicted molar refractivity (Wildman–Crippen MR) is 110 cm³/mol. The van der Waals surface area contributed by atoms with E-state index in [0.29, 0.717) is 28.5 Å². The van der Waals surface area contributed by atoms with E-state index in [4.69, 9.17) is 0 Å². The van der Waals surface area contributed by atoms with Crippen LogP contribution in [0.3, 0.4) is 0 Å². The maximum absolute atomic E-state index is 13.2. The molecule has 3 atom stereocenters. The van der Waals surface area contributed by atoms with E-state index in [2.05, 4.69) is 41.0 Å². The summed E-state index contributed by atoms with van der Waals surface area (Å²) in [7, 11) is 0. The van der Waals surface area contributed by atoms with Crippen molar-refractivity contribution in [2.24, 2.45) is 16.7 Å². The summed E-state index contributed by atoms with van der Waals surface area (Å²) in [4.78, 5) is 25.2. The molecule has 6 heteroatoms. The van der Waals surface area contributed by atoms with Gasteiger partial charge in [-0.1, -0.05) is 20.8 Å². The average molecular weight is 392 g/mol. The molecule has 3 aromatic rings. The number of nitrogens with one attached hydrogen (secondary N) is 2. The lowest BCUT2D eigenvalue weighted by molar-refractivity contribution is 0.0827. The Morgan fingerprint density at radius 2 is 1.97 bits per heavy atom. The molecule has 1 amide bonds. The molecule has 2 aromatic heterocycles. The summed E-state index contributed by atoms with van der Waals surface area (Å²) >= 11 is 0. The van der Waals surface area contributed by atoms with Crippen molar-refractivity contribution in [3.8, 4) is 11.4 Å². The maximum atomic E-state index is 13.2. The molecule has 29 heavy (non-hydrogen) atoms. The molecule has 0 aliphatic heterocycles. The third-order valence-corrected chi connectivity index (χ3v) is 7.85. The fourth-order valence-corrected chi connectivity index (χ4v) is 5.50. The van der Waals surface area contributed by atoms with Crippen LogP contribution in [0.25, 0.3) is 22.6 Å². The second-order valence-corrected chi connectivity index (χ2v) is 9.29. The van der Waals surface area contributed by atoms with Crippen LogP contribution in [0.5, 0.6) is 0 Å². The molecule has 150 valence electrons. The number of nitrogens with zero attached hydrogens (tertiary/aromatic N) is 2. The first kappa shape index (κ1) is 18.3. The largest absolute Gasteiger partial charge is 0.349 e. The number of hydrogen-bond donors (Lipinski definition) is 2. The number of halogens is 1. The molecule has 1 aromatic carbocycles. The number of fused-ring (bicyclic) bond motifs is 3. The van der Waals surface area contributed by atoms with Gasteiger partial charge in [-0.2, -0.15) is 0 Å². The van der Waals surface area contributed by atoms with E-state index in [9.17, 15) is 9.18 Å². The van der Waals surface area contributed by atoms with Crippen molar-refractivity contribution in [1.29, 1.82) is 0 Å². The number of carbonyl (C=O) groups excluding carboxylic acids is 1. The molecule has 5 rings (SSSR count). The number of aromatic amines is 1. The molecule has 0 radical (unpaired) electrons. The second-order valence-electron chi connectivity index (χ2n) is 9.29. The average Bonchev–Trinajstić information content (AvgIpc) is 3.28. The third kappa shape index (κ3) is 2.61. The molecule has 2 heterocycles. The van der Waals surface area contributed by atoms with Crippen LogP contribution in [0.1, 0.15) is 50.4 Å². The second kappa shape index (κ2) is 6.12. The van der Waals surface area contributed by atoms with E-state index in [1.807, 2.05) is 0 Å². The van der Waals surface area contributed by atoms with Crippen LogP contribution >= 0.6 is 0 Å². The Hall–Kier alpha value is -2.76. The molecule has 2 aliphatic carbocycles. The van der Waals surface area contributed by atoms with Crippen LogP contribution in [0.15, 0.2) is 36.5 Å². The predicted octanol–water partition coefficient (Wildman–Crippen LogP) is 4.71. The van der Waals surface area contributed by atoms with Gasteiger partial charge in [0.1, 0.15) is 11.6 Å². The molecule has 2 N–H and O–H groups in total. The van der Waals surface area contributed by atoms with E-state index in [-0.39, 0.29) is 28.6 Å². The number of amides is 1. The first-order chi connectivity index (χ1) is 13.8. The summed E-state index contributed by atoms with van der Waals surface area (Å²) in [5.41, 5.74) is 2.74. The Bertz CT molecular complexity index is 1100. The number of imidazole rings is 1. The molecule has 1 unspecified atom stereocenters. The van der Waals surface area contributed by atoms with Crippen molar-refractivity contribution in [1.82, 2.24) is 20.3 Å². The van der Waals surface area contributed by atoms with Crippen molar-refractivity contribution in [2.45, 2.75) is 46.1 Å². The van der Waals surface area contributed by atoms with Gasteiger partial charge < -0.3 is 10.3 Å². The summed E-state index contributed by atoms with van der Waals surface area (Å²) in [5.74, 6) is 0.833. The fraction of sp³-hybridized carbons (Fsp3) is 0.435. The van der Waals surface area contributed by atoms with E-state index < -0.39 is 0 Å². The van der Waals surface area contributed by atoms with Crippen molar-refractivity contribution in [3.63, 3.8) is 0 Å². The van der Waals surface area contributed by atoms with Gasteiger partial charge in [0.15, 0.2) is 5.65 Å². The zero-order chi connectivity index (χ0) is 20.4. The zero-order valence-corrected chi connectivity index (χ0v) is 16.9. The van der Waals surface area contributed by atoms with E-state index >= 15 is 0 Å². The van der Waals surface area contributed by atoms with E-state index in [0.717, 1.165) is 18.4 Å². The zero-order valence-electron chi connectivity index (χ0n) is 16.9. The number of H-pyrrole nitrogens is 1. The number of aromatic nitrogens is 3. The monoisotopic (exact) mass is 392 g/mol. The molecule has 0 saturated heterocycles. The number of hydrogen-bond acceptors (Lipinski definition) is 3. The molecular formula is C23H25FN4O. The summed E-state index contributed by atoms with van der Waals surface area (Å²) < 4.78 is 13.2. The molecule has 5 nitrogen and oxygen atoms in total. The van der Waals surface area contributed by atoms with Gasteiger partial charge in [0.2, 0.25) is 0 Å². The minimum absolute atomic E-state index is 0.0960. The minimum atomic E-state index is -0.301. The lowest BCUT2D eigenvalue weighted by atomic mass is 9.69. The third-order valence-electron chi connectivity index (χ3n) is 7.85. The standard InChI is InChI=1S/C23H25FN4O/c1-22(2)14-8-10-23(22,3)17(12-14)26-21(29)16-9-11-25-20-18(16)27-19(28-20)13-4-6-15(24)7-5-13/h4-7,9,11,14,17H,8,10,12H2,1-3H3,(H,26,29)(H,25,27,28)/t14?,17-,23-/m0/s1. The minimum Gasteiger partial charge on any atom is -0.349 e. The first-order valence-electron chi connectivity index (χ1n) is 10.2. The van der Waals surface area contributed by atoms with Gasteiger partial charge in [0.25, 0.3) is 5.91 Å². The van der Waals surface area contributed by atoms with Gasteiger partial charge in [-0.05, 0) is 66.3 Å². The summed E-state index contributed by atoms with van der Waals surface area (Å²) in [6, 6.07) is 8.00. The van der Waals surface area contributed by atoms with Crippen LogP contribution in [0, 0.1) is 22.6 Å². The molecule has 2 fully saturated rings. The number of carbonyl (C=O) groups is 1. The van der Waals surface area contributed by atoms with Crippen LogP contribution in [-0.2, 0) is 0 Å². The van der Waals surface area contributed by atoms with Gasteiger partial charge in [0, 0.05) is 17.8 Å². The summed E-state index contributed by atoms with van der Waals surface area (Å²) in [5, 5.41) is 3.31. The first-order valence-corrected chi connectivity index (χ1v) is 10.2. The molecule has 2 aliphatic rings. The number of rotatable bonds is 3. The highest BCUT2D eigenvalue weighted by molar-refractivity contribution is 6.04. The fourth-order valence-electron chi connectivity index (χ4n) is 5.50. The van der Waals surface area contributed by atoms with Gasteiger partial charge in [0.05, 0.1) is 11.1 Å². The number of pyridine rings is 1. The van der Waals surface area contributed by atoms with Gasteiger partial charge in [-0.25, -0.2) is 14.4 Å². The van der Waals surface area contributed by atoms with E-state index in [1.165, 1.54) is 18.6 Å². The van der Waals surface area contributed by atoms with Crippen LogP contribution in [0.4, 0.5) is 4.39 Å². The summed E-state index contributed by atoms with van der Waals surface area (Å²) in [6.45, 7) is 6.99. The Morgan fingerprint density at radius 1 is 1.21 bits per heavy atom. The molecule has 0 spiro atoms. The Balaban J connectivity index is 1.46. The number of benzene rings is 1. The smallest absolute Gasteiger partial charge is 0.253 e. The van der Waals surface area contributed by atoms with Crippen LogP contribution < -0.4 is 5.32 Å². The van der Waals surface area contributed by atoms with Crippen molar-refractivity contribution in [2.75, 3.05) is 0 Å². The van der Waals surface area contributed by atoms with Crippen LogP contribution in [0.2, 0.25) is 0 Å². The highest BCUT2D eigenvalue weighted by Crippen LogP contribution is 2.65. The maximum Gasteiger partial charge on any atom is 0.253 e. The van der Waals surface area contributed by atoms with E-state index in [1.54, 1.807) is 24.4 Å². The SMILES string of the molecule is CC1(C)C2CC[C@@]1(C)[C@@H](NC(=O)c1ccnc3nc(-c4ccc(F)cc4)[nH]c13)C2. The van der Waals surface area contributed by atoms with Gasteiger partial charge in [-0.3, -0.25) is 4.79 Å². The lowest BCUT2D eigenvalue weighted by Crippen LogP contribution is -2.46. The highest BCUT2D eigenvalue weighted by Gasteiger charge is 2.61. The highest BCUT2D eigenvalue weighted by atomic mass is 19.1. The van der Waals surface area contributed by atoms with Gasteiger partial charge >= 0.3 is 0 Å². The lowest BCUT2D eigenvalue weighted by Gasteiger charge is -2.39. The van der Waals surface area contributed by atoms with Crippen molar-refractivity contribution in [3.05, 3.63) is 47.9 Å². The Kier molecular flexibility index (Phi) is 3.86. The van der Waals surface area contributed by atoms with Crippen LogP contribution in [-0.4, -0.2) is 26.9 Å². The topological polar surface area (TPSA) is 70.7 Å². The molecular weight excluding hydrogens is 367 g/mol. The Morgan fingerprint density at radius 3 is 2.62 bits per heavy atom. The Labute approximate surface area is 169 Å².